The van der Waals surface area contributed by atoms with Crippen LogP contribution in [0.1, 0.15) is 55.6 Å². The smallest absolute Gasteiger partial charge is 0.261 e. The van der Waals surface area contributed by atoms with Crippen molar-refractivity contribution in [3.8, 4) is 6.07 Å². The Bertz CT molecular complexity index is 1510. The largest absolute Gasteiger partial charge is 0.407 e. The summed E-state index contributed by atoms with van der Waals surface area (Å²) >= 11 is 6.89. The van der Waals surface area contributed by atoms with Crippen LogP contribution < -0.4 is 15.3 Å². The number of benzene rings is 3. The van der Waals surface area contributed by atoms with Gasteiger partial charge in [-0.15, -0.1) is 0 Å². The third-order valence-corrected chi connectivity index (χ3v) is 13.2. The molecule has 1 unspecified atom stereocenters. The zero-order valence-corrected chi connectivity index (χ0v) is 25.5. The Morgan fingerprint density at radius 3 is 2.15 bits per heavy atom. The van der Waals surface area contributed by atoms with E-state index in [2.05, 4.69) is 97.4 Å². The molecule has 1 aromatic heterocycles. The number of fused-ring (bicyclic) bond motifs is 1. The highest BCUT2D eigenvalue weighted by molar-refractivity contribution is 6.99. The van der Waals surface area contributed by atoms with E-state index in [1.165, 1.54) is 10.4 Å². The van der Waals surface area contributed by atoms with Crippen LogP contribution in [0.15, 0.2) is 78.9 Å². The zero-order chi connectivity index (χ0) is 28.5. The first-order valence-corrected chi connectivity index (χ1v) is 16.0. The lowest BCUT2D eigenvalue weighted by atomic mass is 9.93. The molecule has 40 heavy (non-hydrogen) atoms. The van der Waals surface area contributed by atoms with Crippen LogP contribution in [-0.2, 0) is 4.43 Å². The summed E-state index contributed by atoms with van der Waals surface area (Å²) in [5, 5.41) is 12.2. The van der Waals surface area contributed by atoms with Crippen LogP contribution in [0, 0.1) is 25.2 Å². The number of nitrogens with zero attached hydrogens (tertiary/aromatic N) is 4. The summed E-state index contributed by atoms with van der Waals surface area (Å²) in [5.41, 5.74) is 3.63. The lowest BCUT2D eigenvalue weighted by molar-refractivity contribution is 0.263. The minimum atomic E-state index is -2.71. The summed E-state index contributed by atoms with van der Waals surface area (Å²) in [6.07, 6.45) is 0.844. The van der Waals surface area contributed by atoms with Crippen LogP contribution in [0.25, 0.3) is 0 Å². The highest BCUT2D eigenvalue weighted by atomic mass is 35.5. The average Bonchev–Trinajstić information content (AvgIpc) is 2.93. The molecule has 0 fully saturated rings. The first-order chi connectivity index (χ1) is 19.2. The normalized spacial score (nSPS) is 15.4. The molecule has 0 bridgehead atoms. The molecule has 1 aliphatic heterocycles. The second-order valence-corrected chi connectivity index (χ2v) is 16.2. The van der Waals surface area contributed by atoms with Gasteiger partial charge in [0.2, 0.25) is 0 Å². The number of hydrogen-bond acceptors (Lipinski definition) is 5. The van der Waals surface area contributed by atoms with E-state index >= 15 is 0 Å². The van der Waals surface area contributed by atoms with Gasteiger partial charge in [0.25, 0.3) is 8.32 Å². The summed E-state index contributed by atoms with van der Waals surface area (Å²) in [6.45, 7) is 12.1. The van der Waals surface area contributed by atoms with Crippen molar-refractivity contribution in [2.45, 2.75) is 52.0 Å². The van der Waals surface area contributed by atoms with Gasteiger partial charge in [-0.2, -0.15) is 5.26 Å². The van der Waals surface area contributed by atoms with E-state index in [1.807, 2.05) is 32.0 Å². The highest BCUT2D eigenvalue weighted by Crippen LogP contribution is 2.44. The first-order valence-electron chi connectivity index (χ1n) is 13.7. The molecule has 7 heteroatoms. The number of aromatic nitrogens is 2. The SMILES string of the molecule is Cc1nc(Cl)c2c(n1)N(c1ccc(C#N)cc1C)CCC2CO[Si](c1ccccc1)(c1ccccc1)C(C)(C)C. The maximum atomic E-state index is 9.36. The lowest BCUT2D eigenvalue weighted by Gasteiger charge is -2.44. The number of anilines is 2. The molecule has 204 valence electrons. The fourth-order valence-corrected chi connectivity index (χ4v) is 11.0. The van der Waals surface area contributed by atoms with E-state index in [1.54, 1.807) is 0 Å². The van der Waals surface area contributed by atoms with Crippen molar-refractivity contribution in [1.82, 2.24) is 9.97 Å². The minimum absolute atomic E-state index is 0.0414. The van der Waals surface area contributed by atoms with Crippen LogP contribution in [-0.4, -0.2) is 31.4 Å². The fourth-order valence-electron chi connectivity index (χ4n) is 6.04. The van der Waals surface area contributed by atoms with Crippen molar-refractivity contribution in [2.24, 2.45) is 0 Å². The molecule has 0 aliphatic carbocycles. The standard InChI is InChI=1S/C33H35ClN4OSi/c1-23-20-25(21-35)16-17-29(23)38-19-18-26(30-31(34)36-24(2)37-32(30)38)22-39-40(33(3,4)5,27-12-8-6-9-13-27)28-14-10-7-11-15-28/h6-17,20,26H,18-19,22H2,1-5H3. The summed E-state index contributed by atoms with van der Waals surface area (Å²) in [6, 6.07) is 29.4. The minimum Gasteiger partial charge on any atom is -0.407 e. The maximum Gasteiger partial charge on any atom is 0.261 e. The van der Waals surface area contributed by atoms with E-state index < -0.39 is 8.32 Å². The zero-order valence-electron chi connectivity index (χ0n) is 23.8. The van der Waals surface area contributed by atoms with E-state index in [9.17, 15) is 5.26 Å². The quantitative estimate of drug-likeness (QED) is 0.189. The van der Waals surface area contributed by atoms with E-state index in [0.29, 0.717) is 23.1 Å². The molecule has 0 N–H and O–H groups in total. The van der Waals surface area contributed by atoms with Gasteiger partial charge in [-0.3, -0.25) is 0 Å². The Morgan fingerprint density at radius 2 is 1.60 bits per heavy atom. The van der Waals surface area contributed by atoms with Gasteiger partial charge in [0.15, 0.2) is 0 Å². The predicted octanol–water partition coefficient (Wildman–Crippen LogP) is 6.82. The number of nitriles is 1. The van der Waals surface area contributed by atoms with Gasteiger partial charge in [-0.05, 0) is 59.4 Å². The van der Waals surface area contributed by atoms with Crippen LogP contribution in [0.2, 0.25) is 10.2 Å². The van der Waals surface area contributed by atoms with Crippen LogP contribution in [0.3, 0.4) is 0 Å². The molecule has 0 amide bonds. The third-order valence-electron chi connectivity index (χ3n) is 7.89. The maximum absolute atomic E-state index is 9.36. The highest BCUT2D eigenvalue weighted by Gasteiger charge is 2.50. The lowest BCUT2D eigenvalue weighted by Crippen LogP contribution is -2.66. The second kappa shape index (κ2) is 11.2. The summed E-state index contributed by atoms with van der Waals surface area (Å²) in [4.78, 5) is 11.7. The van der Waals surface area contributed by atoms with Gasteiger partial charge in [-0.1, -0.05) is 93.0 Å². The van der Waals surface area contributed by atoms with Crippen LogP contribution >= 0.6 is 11.6 Å². The molecule has 0 spiro atoms. The molecule has 0 radical (unpaired) electrons. The van der Waals surface area contributed by atoms with Crippen molar-refractivity contribution in [3.63, 3.8) is 0 Å². The molecule has 4 aromatic rings. The van der Waals surface area contributed by atoms with Crippen LogP contribution in [0.5, 0.6) is 0 Å². The Kier molecular flexibility index (Phi) is 7.83. The fraction of sp³-hybridized carbons (Fsp3) is 0.303. The van der Waals surface area contributed by atoms with Crippen molar-refractivity contribution in [3.05, 3.63) is 107 Å². The Balaban J connectivity index is 1.57. The number of rotatable bonds is 6. The molecule has 5 rings (SSSR count). The molecular weight excluding hydrogens is 532 g/mol. The van der Waals surface area contributed by atoms with Gasteiger partial charge in [-0.25, -0.2) is 9.97 Å². The summed E-state index contributed by atoms with van der Waals surface area (Å²) in [5.74, 6) is 1.50. The van der Waals surface area contributed by atoms with E-state index in [-0.39, 0.29) is 11.0 Å². The summed E-state index contributed by atoms with van der Waals surface area (Å²) < 4.78 is 7.31. The monoisotopic (exact) mass is 566 g/mol. The molecule has 1 aliphatic rings. The van der Waals surface area contributed by atoms with Crippen molar-refractivity contribution in [2.75, 3.05) is 18.1 Å². The predicted molar refractivity (Wildman–Crippen MR) is 166 cm³/mol. The Morgan fingerprint density at radius 1 is 0.975 bits per heavy atom. The van der Waals surface area contributed by atoms with Crippen molar-refractivity contribution >= 4 is 41.8 Å². The molecule has 3 aromatic carbocycles. The average molecular weight is 567 g/mol. The van der Waals surface area contributed by atoms with Crippen molar-refractivity contribution < 1.29 is 4.43 Å². The molecule has 5 nitrogen and oxygen atoms in total. The molecule has 0 saturated heterocycles. The number of hydrogen-bond donors (Lipinski definition) is 0. The van der Waals surface area contributed by atoms with Gasteiger partial charge >= 0.3 is 0 Å². The first kappa shape index (κ1) is 28.0. The number of halogens is 1. The van der Waals surface area contributed by atoms with Crippen molar-refractivity contribution in [1.29, 1.82) is 5.26 Å². The van der Waals surface area contributed by atoms with E-state index in [4.69, 9.17) is 21.0 Å². The topological polar surface area (TPSA) is 62.0 Å². The Hall–Kier alpha value is -3.50. The Labute approximate surface area is 243 Å². The van der Waals surface area contributed by atoms with Gasteiger partial charge < -0.3 is 9.33 Å². The van der Waals surface area contributed by atoms with E-state index in [0.717, 1.165) is 35.6 Å². The number of aryl methyl sites for hydroxylation is 2. The second-order valence-electron chi connectivity index (χ2n) is 11.5. The van der Waals surface area contributed by atoms with Gasteiger partial charge in [0, 0.05) is 30.3 Å². The van der Waals surface area contributed by atoms with Gasteiger partial charge in [0.1, 0.15) is 16.8 Å². The molecule has 2 heterocycles. The molecule has 1 atom stereocenters. The molecule has 0 saturated carbocycles. The van der Waals surface area contributed by atoms with Gasteiger partial charge in [0.05, 0.1) is 11.6 Å². The van der Waals surface area contributed by atoms with Crippen LogP contribution in [0.4, 0.5) is 11.5 Å². The third kappa shape index (κ3) is 5.06. The molecular formula is C33H35ClN4OSi. The summed E-state index contributed by atoms with van der Waals surface area (Å²) in [7, 11) is -2.71.